The van der Waals surface area contributed by atoms with Gasteiger partial charge in [-0.3, -0.25) is 4.79 Å². The van der Waals surface area contributed by atoms with Crippen molar-refractivity contribution >= 4 is 22.7 Å². The maximum Gasteiger partial charge on any atom is 0.291 e. The standard InChI is InChI=1S/C17H14N6O2/c1-10-6-7-14-13(18-10)9-15(25-14)17(24)19-12-5-3-4-11(8-12)16-20-21-22-23(16)2/h3-9H,1-2H3,(H,19,24). The van der Waals surface area contributed by atoms with Gasteiger partial charge in [0.25, 0.3) is 5.91 Å². The van der Waals surface area contributed by atoms with Crippen molar-refractivity contribution in [2.75, 3.05) is 5.32 Å². The molecule has 0 fully saturated rings. The summed E-state index contributed by atoms with van der Waals surface area (Å²) in [4.78, 5) is 16.8. The number of aromatic nitrogens is 5. The van der Waals surface area contributed by atoms with E-state index in [9.17, 15) is 4.79 Å². The Morgan fingerprint density at radius 1 is 1.20 bits per heavy atom. The van der Waals surface area contributed by atoms with Crippen LogP contribution in [-0.2, 0) is 7.05 Å². The monoisotopic (exact) mass is 334 g/mol. The van der Waals surface area contributed by atoms with Crippen molar-refractivity contribution in [2.45, 2.75) is 6.92 Å². The lowest BCUT2D eigenvalue weighted by Gasteiger charge is -2.05. The Hall–Kier alpha value is -3.55. The van der Waals surface area contributed by atoms with E-state index in [0.29, 0.717) is 22.6 Å². The lowest BCUT2D eigenvalue weighted by molar-refractivity contribution is 0.0998. The first kappa shape index (κ1) is 15.0. The molecule has 0 unspecified atom stereocenters. The molecule has 0 aliphatic carbocycles. The zero-order valence-electron chi connectivity index (χ0n) is 13.6. The number of hydrogen-bond acceptors (Lipinski definition) is 6. The Labute approximate surface area is 142 Å². The van der Waals surface area contributed by atoms with Crippen molar-refractivity contribution in [3.05, 3.63) is 53.9 Å². The highest BCUT2D eigenvalue weighted by Crippen LogP contribution is 2.22. The molecule has 25 heavy (non-hydrogen) atoms. The fourth-order valence-corrected chi connectivity index (χ4v) is 2.54. The average molecular weight is 334 g/mol. The van der Waals surface area contributed by atoms with Gasteiger partial charge in [-0.2, -0.15) is 0 Å². The number of nitrogens with zero attached hydrogens (tertiary/aromatic N) is 5. The van der Waals surface area contributed by atoms with Crippen LogP contribution in [0.5, 0.6) is 0 Å². The largest absolute Gasteiger partial charge is 0.449 e. The summed E-state index contributed by atoms with van der Waals surface area (Å²) >= 11 is 0. The van der Waals surface area contributed by atoms with Gasteiger partial charge in [0, 0.05) is 30.1 Å². The third-order valence-corrected chi connectivity index (χ3v) is 3.74. The molecular formula is C17H14N6O2. The summed E-state index contributed by atoms with van der Waals surface area (Å²) in [6.45, 7) is 1.89. The van der Waals surface area contributed by atoms with Crippen LogP contribution in [0.2, 0.25) is 0 Å². The molecule has 124 valence electrons. The van der Waals surface area contributed by atoms with Gasteiger partial charge in [0.2, 0.25) is 0 Å². The SMILES string of the molecule is Cc1ccc2oc(C(=O)Nc3cccc(-c4nnnn4C)c3)cc2n1. The third kappa shape index (κ3) is 2.85. The van der Waals surface area contributed by atoms with E-state index in [4.69, 9.17) is 4.42 Å². The van der Waals surface area contributed by atoms with Crippen LogP contribution < -0.4 is 5.32 Å². The van der Waals surface area contributed by atoms with Gasteiger partial charge in [0.05, 0.1) is 0 Å². The number of aryl methyl sites for hydroxylation is 2. The van der Waals surface area contributed by atoms with Crippen molar-refractivity contribution < 1.29 is 9.21 Å². The van der Waals surface area contributed by atoms with E-state index in [-0.39, 0.29) is 11.7 Å². The lowest BCUT2D eigenvalue weighted by Crippen LogP contribution is -2.10. The minimum absolute atomic E-state index is 0.207. The topological polar surface area (TPSA) is 98.7 Å². The second kappa shape index (κ2) is 5.82. The molecule has 0 saturated heterocycles. The summed E-state index contributed by atoms with van der Waals surface area (Å²) in [7, 11) is 1.75. The highest BCUT2D eigenvalue weighted by Gasteiger charge is 2.14. The van der Waals surface area contributed by atoms with Crippen LogP contribution in [0, 0.1) is 6.92 Å². The normalized spacial score (nSPS) is 11.0. The van der Waals surface area contributed by atoms with Crippen LogP contribution in [0.1, 0.15) is 16.2 Å². The van der Waals surface area contributed by atoms with E-state index in [1.807, 2.05) is 25.1 Å². The molecule has 1 amide bonds. The van der Waals surface area contributed by atoms with Crippen LogP contribution in [-0.4, -0.2) is 31.1 Å². The van der Waals surface area contributed by atoms with Gasteiger partial charge in [0.15, 0.2) is 17.2 Å². The maximum atomic E-state index is 12.5. The Morgan fingerprint density at radius 2 is 2.08 bits per heavy atom. The first-order valence-corrected chi connectivity index (χ1v) is 7.61. The Bertz CT molecular complexity index is 1080. The number of furan rings is 1. The molecule has 3 heterocycles. The Kier molecular flexibility index (Phi) is 3.50. The highest BCUT2D eigenvalue weighted by atomic mass is 16.3. The van der Waals surface area contributed by atoms with E-state index in [2.05, 4.69) is 25.8 Å². The van der Waals surface area contributed by atoms with Gasteiger partial charge in [-0.15, -0.1) is 5.10 Å². The van der Waals surface area contributed by atoms with Crippen LogP contribution >= 0.6 is 0 Å². The van der Waals surface area contributed by atoms with Gasteiger partial charge in [-0.1, -0.05) is 12.1 Å². The third-order valence-electron chi connectivity index (χ3n) is 3.74. The second-order valence-electron chi connectivity index (χ2n) is 5.61. The predicted molar refractivity (Wildman–Crippen MR) is 90.9 cm³/mol. The molecule has 0 radical (unpaired) electrons. The number of tetrazole rings is 1. The summed E-state index contributed by atoms with van der Waals surface area (Å²) in [6, 6.07) is 12.6. The van der Waals surface area contributed by atoms with Crippen molar-refractivity contribution in [1.29, 1.82) is 0 Å². The minimum Gasteiger partial charge on any atom is -0.449 e. The Balaban J connectivity index is 1.61. The predicted octanol–water partition coefficient (Wildman–Crippen LogP) is 2.58. The van der Waals surface area contributed by atoms with Crippen LogP contribution in [0.3, 0.4) is 0 Å². The number of carbonyl (C=O) groups is 1. The van der Waals surface area contributed by atoms with Crippen LogP contribution in [0.15, 0.2) is 46.9 Å². The van der Waals surface area contributed by atoms with Crippen LogP contribution in [0.4, 0.5) is 5.69 Å². The molecule has 0 spiro atoms. The summed E-state index contributed by atoms with van der Waals surface area (Å²) < 4.78 is 7.13. The smallest absolute Gasteiger partial charge is 0.291 e. The van der Waals surface area contributed by atoms with E-state index >= 15 is 0 Å². The molecule has 1 N–H and O–H groups in total. The molecule has 8 heteroatoms. The van der Waals surface area contributed by atoms with Gasteiger partial charge >= 0.3 is 0 Å². The number of pyridine rings is 1. The van der Waals surface area contributed by atoms with Gasteiger partial charge < -0.3 is 9.73 Å². The fraction of sp³-hybridized carbons (Fsp3) is 0.118. The van der Waals surface area contributed by atoms with Crippen molar-refractivity contribution in [1.82, 2.24) is 25.2 Å². The first-order chi connectivity index (χ1) is 12.1. The molecule has 0 atom stereocenters. The molecule has 1 aromatic carbocycles. The molecule has 4 rings (SSSR count). The molecule has 0 aliphatic rings. The molecule has 0 saturated carbocycles. The van der Waals surface area contributed by atoms with E-state index in [1.165, 1.54) is 0 Å². The zero-order chi connectivity index (χ0) is 17.4. The fourth-order valence-electron chi connectivity index (χ4n) is 2.54. The average Bonchev–Trinajstić information content (AvgIpc) is 3.20. The second-order valence-corrected chi connectivity index (χ2v) is 5.61. The summed E-state index contributed by atoms with van der Waals surface area (Å²) in [5.74, 6) is 0.474. The van der Waals surface area contributed by atoms with Crippen molar-refractivity contribution in [2.24, 2.45) is 7.05 Å². The van der Waals surface area contributed by atoms with Crippen LogP contribution in [0.25, 0.3) is 22.5 Å². The van der Waals surface area contributed by atoms with Gasteiger partial charge in [-0.25, -0.2) is 9.67 Å². The molecule has 8 nitrogen and oxygen atoms in total. The lowest BCUT2D eigenvalue weighted by atomic mass is 10.2. The Morgan fingerprint density at radius 3 is 2.88 bits per heavy atom. The van der Waals surface area contributed by atoms with Crippen molar-refractivity contribution in [3.63, 3.8) is 0 Å². The molecule has 4 aromatic rings. The van der Waals surface area contributed by atoms with Crippen molar-refractivity contribution in [3.8, 4) is 11.4 Å². The number of rotatable bonds is 3. The number of amides is 1. The number of fused-ring (bicyclic) bond motifs is 1. The summed E-state index contributed by atoms with van der Waals surface area (Å²) in [5, 5.41) is 14.2. The number of carbonyl (C=O) groups excluding carboxylic acids is 1. The quantitative estimate of drug-likeness (QED) is 0.618. The van der Waals surface area contributed by atoms with E-state index in [0.717, 1.165) is 11.3 Å². The number of anilines is 1. The first-order valence-electron chi connectivity index (χ1n) is 7.61. The molecule has 0 aliphatic heterocycles. The van der Waals surface area contributed by atoms with Gasteiger partial charge in [-0.05, 0) is 41.6 Å². The zero-order valence-corrected chi connectivity index (χ0v) is 13.6. The minimum atomic E-state index is -0.344. The number of hydrogen-bond donors (Lipinski definition) is 1. The maximum absolute atomic E-state index is 12.5. The van der Waals surface area contributed by atoms with E-state index in [1.54, 1.807) is 36.0 Å². The summed E-state index contributed by atoms with van der Waals surface area (Å²) in [5.41, 5.74) is 3.52. The van der Waals surface area contributed by atoms with Gasteiger partial charge in [0.1, 0.15) is 5.52 Å². The summed E-state index contributed by atoms with van der Waals surface area (Å²) in [6.07, 6.45) is 0. The van der Waals surface area contributed by atoms with E-state index < -0.39 is 0 Å². The highest BCUT2D eigenvalue weighted by molar-refractivity contribution is 6.04. The number of benzene rings is 1. The molecule has 3 aromatic heterocycles. The molecular weight excluding hydrogens is 320 g/mol. The molecule has 0 bridgehead atoms. The number of nitrogens with one attached hydrogen (secondary N) is 1.